The first kappa shape index (κ1) is 33.2. The first-order valence-corrected chi connectivity index (χ1v) is 16.7. The molecule has 4 aromatic carbocycles. The van der Waals surface area contributed by atoms with E-state index in [0.29, 0.717) is 22.6 Å². The second kappa shape index (κ2) is 13.4. The fourth-order valence-electron chi connectivity index (χ4n) is 7.27. The molecular formula is C40H46O8. The zero-order valence-electron chi connectivity index (χ0n) is 29.1. The molecule has 4 unspecified atom stereocenters. The lowest BCUT2D eigenvalue weighted by molar-refractivity contribution is 0.207. The third kappa shape index (κ3) is 5.61. The molecular weight excluding hydrogens is 608 g/mol. The van der Waals surface area contributed by atoms with Crippen molar-refractivity contribution < 1.29 is 38.6 Å². The fraction of sp³-hybridized carbons (Fsp3) is 0.400. The Kier molecular flexibility index (Phi) is 9.28. The van der Waals surface area contributed by atoms with Crippen molar-refractivity contribution in [3.8, 4) is 57.1 Å². The highest BCUT2D eigenvalue weighted by atomic mass is 16.5. The predicted molar refractivity (Wildman–Crippen MR) is 186 cm³/mol. The van der Waals surface area contributed by atoms with Gasteiger partial charge in [-0.3, -0.25) is 0 Å². The molecule has 0 saturated heterocycles. The maximum absolute atomic E-state index is 11.5. The molecule has 2 N–H and O–H groups in total. The van der Waals surface area contributed by atoms with Gasteiger partial charge in [0.2, 0.25) is 0 Å². The Morgan fingerprint density at radius 1 is 0.542 bits per heavy atom. The van der Waals surface area contributed by atoms with Gasteiger partial charge in [-0.05, 0) is 71.5 Å². The molecule has 0 aliphatic carbocycles. The smallest absolute Gasteiger partial charge is 0.165 e. The molecule has 0 aromatic heterocycles. The van der Waals surface area contributed by atoms with Crippen molar-refractivity contribution in [2.45, 2.75) is 77.4 Å². The van der Waals surface area contributed by atoms with Crippen molar-refractivity contribution >= 4 is 0 Å². The minimum atomic E-state index is -0.385. The molecule has 0 spiro atoms. The molecule has 6 rings (SSSR count). The van der Waals surface area contributed by atoms with E-state index in [1.807, 2.05) is 24.3 Å². The normalized spacial score (nSPS) is 19.2. The average molecular weight is 655 g/mol. The number of aryl methyl sites for hydroxylation is 2. The van der Waals surface area contributed by atoms with Crippen LogP contribution in [-0.2, 0) is 12.8 Å². The Morgan fingerprint density at radius 3 is 1.25 bits per heavy atom. The van der Waals surface area contributed by atoms with Crippen LogP contribution in [-0.4, -0.2) is 38.7 Å². The molecule has 8 nitrogen and oxygen atoms in total. The number of benzene rings is 4. The molecule has 2 aliphatic rings. The van der Waals surface area contributed by atoms with Crippen LogP contribution in [0.5, 0.6) is 46.0 Å². The Labute approximate surface area is 283 Å². The summed E-state index contributed by atoms with van der Waals surface area (Å²) in [6.45, 7) is 8.57. The van der Waals surface area contributed by atoms with E-state index in [1.54, 1.807) is 26.4 Å². The molecule has 0 amide bonds. The summed E-state index contributed by atoms with van der Waals surface area (Å²) in [6, 6.07) is 15.8. The summed E-state index contributed by atoms with van der Waals surface area (Å²) in [4.78, 5) is 0. The summed E-state index contributed by atoms with van der Waals surface area (Å²) >= 11 is 0. The maximum Gasteiger partial charge on any atom is 0.165 e. The van der Waals surface area contributed by atoms with Crippen LogP contribution in [0.3, 0.4) is 0 Å². The van der Waals surface area contributed by atoms with Crippen LogP contribution < -0.4 is 28.4 Å². The molecule has 2 heterocycles. The number of fused-ring (bicyclic) bond motifs is 2. The van der Waals surface area contributed by atoms with Gasteiger partial charge < -0.3 is 38.6 Å². The van der Waals surface area contributed by atoms with Crippen molar-refractivity contribution in [3.05, 3.63) is 81.9 Å². The highest BCUT2D eigenvalue weighted by molar-refractivity contribution is 5.81. The number of phenols is 2. The summed E-state index contributed by atoms with van der Waals surface area (Å²) in [7, 11) is 6.34. The summed E-state index contributed by atoms with van der Waals surface area (Å²) < 4.78 is 36.0. The van der Waals surface area contributed by atoms with Gasteiger partial charge in [-0.15, -0.1) is 0 Å². The van der Waals surface area contributed by atoms with Crippen molar-refractivity contribution in [2.24, 2.45) is 0 Å². The van der Waals surface area contributed by atoms with Crippen molar-refractivity contribution in [1.82, 2.24) is 0 Å². The van der Waals surface area contributed by atoms with E-state index in [9.17, 15) is 10.2 Å². The van der Waals surface area contributed by atoms with Gasteiger partial charge in [-0.1, -0.05) is 52.7 Å². The second-order valence-corrected chi connectivity index (χ2v) is 12.8. The van der Waals surface area contributed by atoms with Gasteiger partial charge in [0.25, 0.3) is 0 Å². The number of rotatable bonds is 11. The van der Waals surface area contributed by atoms with Gasteiger partial charge in [0.05, 0.1) is 28.4 Å². The average Bonchev–Trinajstić information content (AvgIpc) is 3.61. The molecule has 8 heteroatoms. The van der Waals surface area contributed by atoms with E-state index in [-0.39, 0.29) is 47.0 Å². The van der Waals surface area contributed by atoms with Crippen LogP contribution >= 0.6 is 0 Å². The number of ether oxygens (including phenoxy) is 6. The molecule has 0 radical (unpaired) electrons. The van der Waals surface area contributed by atoms with Crippen LogP contribution in [0.25, 0.3) is 11.1 Å². The Balaban J connectivity index is 1.44. The molecule has 48 heavy (non-hydrogen) atoms. The van der Waals surface area contributed by atoms with Gasteiger partial charge in [-0.2, -0.15) is 0 Å². The van der Waals surface area contributed by atoms with Gasteiger partial charge in [0.1, 0.15) is 12.2 Å². The molecule has 0 saturated carbocycles. The molecule has 4 atom stereocenters. The number of hydrogen-bond acceptors (Lipinski definition) is 8. The maximum atomic E-state index is 11.5. The third-order valence-corrected chi connectivity index (χ3v) is 9.76. The largest absolute Gasteiger partial charge is 0.504 e. The van der Waals surface area contributed by atoms with Crippen LogP contribution in [0.2, 0.25) is 0 Å². The number of phenolic OH excluding ortho intramolecular Hbond substituents is 2. The van der Waals surface area contributed by atoms with Gasteiger partial charge in [0.15, 0.2) is 46.0 Å². The summed E-state index contributed by atoms with van der Waals surface area (Å²) in [5.74, 6) is 3.16. The van der Waals surface area contributed by atoms with E-state index < -0.39 is 0 Å². The lowest BCUT2D eigenvalue weighted by Crippen LogP contribution is -2.09. The van der Waals surface area contributed by atoms with Gasteiger partial charge in [-0.25, -0.2) is 0 Å². The molecule has 0 bridgehead atoms. The molecule has 2 aliphatic heterocycles. The lowest BCUT2D eigenvalue weighted by atomic mass is 9.87. The summed E-state index contributed by atoms with van der Waals surface area (Å²) in [5.41, 5.74) is 6.91. The topological polar surface area (TPSA) is 95.8 Å². The number of hydrogen-bond donors (Lipinski definition) is 2. The van der Waals surface area contributed by atoms with Gasteiger partial charge in [0, 0.05) is 34.1 Å². The van der Waals surface area contributed by atoms with E-state index in [0.717, 1.165) is 59.4 Å². The number of aromatic hydroxyl groups is 2. The highest BCUT2D eigenvalue weighted by Crippen LogP contribution is 2.55. The van der Waals surface area contributed by atoms with Crippen molar-refractivity contribution in [3.63, 3.8) is 0 Å². The molecule has 254 valence electrons. The van der Waals surface area contributed by atoms with Crippen LogP contribution in [0.1, 0.15) is 98.0 Å². The fourth-order valence-corrected chi connectivity index (χ4v) is 7.27. The summed E-state index contributed by atoms with van der Waals surface area (Å²) in [6.07, 6.45) is 3.16. The van der Waals surface area contributed by atoms with Crippen LogP contribution in [0.15, 0.2) is 48.5 Å². The van der Waals surface area contributed by atoms with Crippen molar-refractivity contribution in [2.75, 3.05) is 28.4 Å². The van der Waals surface area contributed by atoms with Crippen molar-refractivity contribution in [1.29, 1.82) is 0 Å². The van der Waals surface area contributed by atoms with Crippen LogP contribution in [0, 0.1) is 0 Å². The van der Waals surface area contributed by atoms with Crippen LogP contribution in [0.4, 0.5) is 0 Å². The minimum absolute atomic E-state index is 0.0129. The second-order valence-electron chi connectivity index (χ2n) is 12.8. The number of methoxy groups -OCH3 is 4. The summed E-state index contributed by atoms with van der Waals surface area (Å²) in [5, 5.41) is 23.1. The zero-order chi connectivity index (χ0) is 34.3. The van der Waals surface area contributed by atoms with E-state index in [1.165, 1.54) is 25.3 Å². The predicted octanol–water partition coefficient (Wildman–Crippen LogP) is 9.18. The third-order valence-electron chi connectivity index (χ3n) is 9.76. The monoisotopic (exact) mass is 654 g/mol. The zero-order valence-corrected chi connectivity index (χ0v) is 29.1. The van der Waals surface area contributed by atoms with E-state index in [2.05, 4.69) is 39.8 Å². The van der Waals surface area contributed by atoms with E-state index in [4.69, 9.17) is 28.4 Å². The Morgan fingerprint density at radius 2 is 0.917 bits per heavy atom. The quantitative estimate of drug-likeness (QED) is 0.165. The van der Waals surface area contributed by atoms with Gasteiger partial charge >= 0.3 is 0 Å². The first-order chi connectivity index (χ1) is 23.2. The molecule has 4 aromatic rings. The Bertz CT molecular complexity index is 1700. The molecule has 0 fully saturated rings. The first-order valence-electron chi connectivity index (χ1n) is 16.7. The lowest BCUT2D eigenvalue weighted by Gasteiger charge is -2.22. The SMILES string of the molecule is CCCc1cc(OC)c2c(c1)C(C)C(c1cc(OC)c(O)c(-c3cc(C4Oc5c(OC)cc(CCC)cc5C4C)cc(OC)c3O)c1)O2. The minimum Gasteiger partial charge on any atom is -0.504 e. The standard InChI is InChI=1S/C40H46O8/c1-9-11-23-13-27-21(3)37(47-39(27)33(15-23)45-7)25-17-29(35(41)31(19-25)43-5)30-18-26(20-32(44-6)36(30)42)38-22(4)28-14-24(12-10-2)16-34(46-8)40(28)48-38/h13-22,37-38,41-42H,9-12H2,1-8H3. The van der Waals surface area contributed by atoms with E-state index >= 15 is 0 Å². The highest BCUT2D eigenvalue weighted by Gasteiger charge is 2.38. The Hall–Kier alpha value is -4.72.